The molecule has 20 heavy (non-hydrogen) atoms. The summed E-state index contributed by atoms with van der Waals surface area (Å²) < 4.78 is 0. The molecule has 1 heterocycles. The minimum atomic E-state index is -0.360. The number of carbonyl (C=O) groups excluding carboxylic acids is 3. The molecule has 1 amide bonds. The number of aryl methyl sites for hydroxylation is 1. The zero-order chi connectivity index (χ0) is 14.7. The van der Waals surface area contributed by atoms with Crippen LogP contribution in [0.1, 0.15) is 35.7 Å². The fraction of sp³-hybridized carbons (Fsp3) is 0.438. The number of amides is 1. The number of likely N-dealkylation sites (tertiary alicyclic amines) is 1. The first kappa shape index (κ1) is 14.4. The SMILES string of the molecule is CC(=O)N1CCC(=O)C(CC(=O)c2ccc(C)cc2)C1. The molecule has 1 aromatic rings. The van der Waals surface area contributed by atoms with Crippen molar-refractivity contribution in [3.63, 3.8) is 0 Å². The van der Waals surface area contributed by atoms with Gasteiger partial charge in [-0.15, -0.1) is 0 Å². The normalized spacial score (nSPS) is 19.0. The number of ketones is 2. The van der Waals surface area contributed by atoms with E-state index < -0.39 is 0 Å². The number of carbonyl (C=O) groups is 3. The highest BCUT2D eigenvalue weighted by atomic mass is 16.2. The maximum Gasteiger partial charge on any atom is 0.219 e. The van der Waals surface area contributed by atoms with Crippen LogP contribution in [-0.4, -0.2) is 35.5 Å². The highest BCUT2D eigenvalue weighted by Crippen LogP contribution is 2.19. The third-order valence-corrected chi connectivity index (χ3v) is 3.77. The van der Waals surface area contributed by atoms with Crippen molar-refractivity contribution in [3.8, 4) is 0 Å². The Kier molecular flexibility index (Phi) is 4.32. The van der Waals surface area contributed by atoms with Gasteiger partial charge in [0.1, 0.15) is 5.78 Å². The number of hydrogen-bond donors (Lipinski definition) is 0. The molecule has 0 saturated carbocycles. The van der Waals surface area contributed by atoms with Crippen molar-refractivity contribution in [1.82, 2.24) is 4.90 Å². The van der Waals surface area contributed by atoms with Crippen molar-refractivity contribution in [2.24, 2.45) is 5.92 Å². The predicted molar refractivity (Wildman–Crippen MR) is 75.5 cm³/mol. The van der Waals surface area contributed by atoms with Crippen molar-refractivity contribution >= 4 is 17.5 Å². The predicted octanol–water partition coefficient (Wildman–Crippen LogP) is 2.01. The van der Waals surface area contributed by atoms with Gasteiger partial charge in [0.15, 0.2) is 5.78 Å². The summed E-state index contributed by atoms with van der Waals surface area (Å²) in [5, 5.41) is 0. The zero-order valence-corrected chi connectivity index (χ0v) is 11.9. The fourth-order valence-electron chi connectivity index (χ4n) is 2.45. The zero-order valence-electron chi connectivity index (χ0n) is 11.9. The Morgan fingerprint density at radius 2 is 1.90 bits per heavy atom. The Hall–Kier alpha value is -1.97. The molecule has 1 aliphatic rings. The number of piperidine rings is 1. The van der Waals surface area contributed by atoms with E-state index in [9.17, 15) is 14.4 Å². The largest absolute Gasteiger partial charge is 0.342 e. The molecule has 1 fully saturated rings. The smallest absolute Gasteiger partial charge is 0.219 e. The van der Waals surface area contributed by atoms with E-state index in [0.29, 0.717) is 25.1 Å². The minimum absolute atomic E-state index is 0.0336. The van der Waals surface area contributed by atoms with E-state index in [2.05, 4.69) is 0 Å². The van der Waals surface area contributed by atoms with Crippen LogP contribution in [0, 0.1) is 12.8 Å². The van der Waals surface area contributed by atoms with Gasteiger partial charge >= 0.3 is 0 Å². The molecule has 2 rings (SSSR count). The summed E-state index contributed by atoms with van der Waals surface area (Å²) in [6.45, 7) is 4.30. The van der Waals surface area contributed by atoms with Gasteiger partial charge in [0.05, 0.1) is 0 Å². The van der Waals surface area contributed by atoms with E-state index in [4.69, 9.17) is 0 Å². The standard InChI is InChI=1S/C16H19NO3/c1-11-3-5-13(6-4-11)16(20)9-14-10-17(12(2)18)8-7-15(14)19/h3-6,14H,7-10H2,1-2H3. The second-order valence-corrected chi connectivity index (χ2v) is 5.37. The van der Waals surface area contributed by atoms with E-state index in [1.165, 1.54) is 6.92 Å². The van der Waals surface area contributed by atoms with E-state index in [0.717, 1.165) is 5.56 Å². The first-order valence-electron chi connectivity index (χ1n) is 6.85. The van der Waals surface area contributed by atoms with E-state index in [-0.39, 0.29) is 29.8 Å². The number of benzene rings is 1. The first-order chi connectivity index (χ1) is 9.47. The second-order valence-electron chi connectivity index (χ2n) is 5.37. The maximum absolute atomic E-state index is 12.2. The molecule has 0 aromatic heterocycles. The molecule has 0 spiro atoms. The van der Waals surface area contributed by atoms with Gasteiger partial charge in [-0.1, -0.05) is 29.8 Å². The second kappa shape index (κ2) is 5.99. The van der Waals surface area contributed by atoms with Crippen LogP contribution in [0.3, 0.4) is 0 Å². The quantitative estimate of drug-likeness (QED) is 0.792. The Morgan fingerprint density at radius 1 is 1.25 bits per heavy atom. The van der Waals surface area contributed by atoms with Crippen LogP contribution in [0.2, 0.25) is 0 Å². The lowest BCUT2D eigenvalue weighted by molar-refractivity contribution is -0.135. The van der Waals surface area contributed by atoms with Crippen LogP contribution < -0.4 is 0 Å². The van der Waals surface area contributed by atoms with Crippen LogP contribution in [0.5, 0.6) is 0 Å². The molecule has 1 aliphatic heterocycles. The van der Waals surface area contributed by atoms with E-state index in [1.807, 2.05) is 19.1 Å². The van der Waals surface area contributed by atoms with Crippen LogP contribution in [0.15, 0.2) is 24.3 Å². The summed E-state index contributed by atoms with van der Waals surface area (Å²) in [5.41, 5.74) is 1.72. The third kappa shape index (κ3) is 3.32. The lowest BCUT2D eigenvalue weighted by atomic mass is 9.89. The summed E-state index contributed by atoms with van der Waals surface area (Å²) in [5.74, 6) is -0.344. The summed E-state index contributed by atoms with van der Waals surface area (Å²) >= 11 is 0. The summed E-state index contributed by atoms with van der Waals surface area (Å²) in [4.78, 5) is 37.1. The van der Waals surface area contributed by atoms with Crippen molar-refractivity contribution in [3.05, 3.63) is 35.4 Å². The van der Waals surface area contributed by atoms with Crippen LogP contribution in [0.4, 0.5) is 0 Å². The molecule has 106 valence electrons. The van der Waals surface area contributed by atoms with E-state index in [1.54, 1.807) is 17.0 Å². The molecular weight excluding hydrogens is 254 g/mol. The monoisotopic (exact) mass is 273 g/mol. The summed E-state index contributed by atoms with van der Waals surface area (Å²) in [6, 6.07) is 7.34. The van der Waals surface area contributed by atoms with Crippen molar-refractivity contribution in [1.29, 1.82) is 0 Å². The summed E-state index contributed by atoms with van der Waals surface area (Å²) in [6.07, 6.45) is 0.539. The van der Waals surface area contributed by atoms with Gasteiger partial charge in [0, 0.05) is 44.3 Å². The molecule has 0 radical (unpaired) electrons. The average Bonchev–Trinajstić information content (AvgIpc) is 2.41. The van der Waals surface area contributed by atoms with Gasteiger partial charge in [-0.25, -0.2) is 0 Å². The lowest BCUT2D eigenvalue weighted by Gasteiger charge is -2.30. The molecule has 0 N–H and O–H groups in total. The molecule has 4 nitrogen and oxygen atoms in total. The van der Waals surface area contributed by atoms with Crippen LogP contribution in [0.25, 0.3) is 0 Å². The maximum atomic E-state index is 12.2. The first-order valence-corrected chi connectivity index (χ1v) is 6.85. The van der Waals surface area contributed by atoms with E-state index >= 15 is 0 Å². The van der Waals surface area contributed by atoms with Crippen LogP contribution in [-0.2, 0) is 9.59 Å². The average molecular weight is 273 g/mol. The minimum Gasteiger partial charge on any atom is -0.342 e. The Morgan fingerprint density at radius 3 is 2.50 bits per heavy atom. The van der Waals surface area contributed by atoms with Gasteiger partial charge in [0.25, 0.3) is 0 Å². The van der Waals surface area contributed by atoms with Gasteiger partial charge in [-0.05, 0) is 6.92 Å². The fourth-order valence-corrected chi connectivity index (χ4v) is 2.45. The number of hydrogen-bond acceptors (Lipinski definition) is 3. The van der Waals surface area contributed by atoms with Gasteiger partial charge in [-0.2, -0.15) is 0 Å². The van der Waals surface area contributed by atoms with Crippen LogP contribution >= 0.6 is 0 Å². The molecule has 0 bridgehead atoms. The molecule has 4 heteroatoms. The van der Waals surface area contributed by atoms with Gasteiger partial charge in [0.2, 0.25) is 5.91 Å². The van der Waals surface area contributed by atoms with Crippen molar-refractivity contribution in [2.45, 2.75) is 26.7 Å². The molecule has 1 aromatic carbocycles. The van der Waals surface area contributed by atoms with Crippen molar-refractivity contribution in [2.75, 3.05) is 13.1 Å². The number of nitrogens with zero attached hydrogens (tertiary/aromatic N) is 1. The number of Topliss-reactive ketones (excluding diaryl/α,β-unsaturated/α-hetero) is 2. The molecular formula is C16H19NO3. The lowest BCUT2D eigenvalue weighted by Crippen LogP contribution is -2.43. The molecule has 1 saturated heterocycles. The highest BCUT2D eigenvalue weighted by molar-refractivity contribution is 5.99. The third-order valence-electron chi connectivity index (χ3n) is 3.77. The molecule has 1 unspecified atom stereocenters. The highest BCUT2D eigenvalue weighted by Gasteiger charge is 2.30. The topological polar surface area (TPSA) is 54.5 Å². The number of rotatable bonds is 3. The Balaban J connectivity index is 2.04. The molecule has 1 atom stereocenters. The Labute approximate surface area is 118 Å². The Bertz CT molecular complexity index is 533. The van der Waals surface area contributed by atoms with Crippen molar-refractivity contribution < 1.29 is 14.4 Å². The van der Waals surface area contributed by atoms with Gasteiger partial charge in [-0.3, -0.25) is 14.4 Å². The summed E-state index contributed by atoms with van der Waals surface area (Å²) in [7, 11) is 0. The molecule has 0 aliphatic carbocycles. The van der Waals surface area contributed by atoms with Gasteiger partial charge < -0.3 is 4.90 Å².